The second-order valence-corrected chi connectivity index (χ2v) is 4.13. The number of hydrazine groups is 1. The van der Waals surface area contributed by atoms with Crippen LogP contribution in [0.1, 0.15) is 19.3 Å². The number of nitrogens with zero attached hydrogens (tertiary/aromatic N) is 1. The number of rotatable bonds is 0. The van der Waals surface area contributed by atoms with Gasteiger partial charge in [0.25, 0.3) is 0 Å². The van der Waals surface area contributed by atoms with Crippen molar-refractivity contribution in [1.82, 2.24) is 10.3 Å². The minimum absolute atomic E-state index is 0.484. The van der Waals surface area contributed by atoms with E-state index in [1.165, 1.54) is 19.3 Å². The summed E-state index contributed by atoms with van der Waals surface area (Å²) in [6.45, 7) is 1.47. The van der Waals surface area contributed by atoms with Crippen LogP contribution in [0.5, 0.6) is 0 Å². The molecule has 5 nitrogen and oxygen atoms in total. The van der Waals surface area contributed by atoms with Gasteiger partial charge in [-0.2, -0.15) is 0 Å². The zero-order valence-electron chi connectivity index (χ0n) is 8.03. The van der Waals surface area contributed by atoms with Crippen LogP contribution in [0.15, 0.2) is 0 Å². The summed E-state index contributed by atoms with van der Waals surface area (Å²) in [5, 5.41) is 0. The number of nitrogens with one attached hydrogen (secondary N) is 1. The first-order valence-electron chi connectivity index (χ1n) is 5.02. The van der Waals surface area contributed by atoms with Gasteiger partial charge in [0.1, 0.15) is 0 Å². The Labute approximate surface area is 82.6 Å². The van der Waals surface area contributed by atoms with Crippen LogP contribution >= 0.6 is 0 Å². The van der Waals surface area contributed by atoms with Crippen LogP contribution in [0, 0.1) is 11.8 Å². The summed E-state index contributed by atoms with van der Waals surface area (Å²) in [4.78, 5) is 24.1. The minimum atomic E-state index is -0.704. The fourth-order valence-electron chi connectivity index (χ4n) is 2.61. The predicted octanol–water partition coefficient (Wildman–Crippen LogP) is -0.765. The van der Waals surface area contributed by atoms with E-state index in [0.29, 0.717) is 11.8 Å². The van der Waals surface area contributed by atoms with Gasteiger partial charge in [0.05, 0.1) is 0 Å². The molecule has 2 unspecified atom stereocenters. The second-order valence-electron chi connectivity index (χ2n) is 4.13. The van der Waals surface area contributed by atoms with Crippen molar-refractivity contribution in [3.8, 4) is 0 Å². The Morgan fingerprint density at radius 3 is 2.29 bits per heavy atom. The molecule has 2 fully saturated rings. The van der Waals surface area contributed by atoms with Crippen LogP contribution < -0.4 is 11.3 Å². The van der Waals surface area contributed by atoms with Gasteiger partial charge < -0.3 is 4.90 Å². The summed E-state index contributed by atoms with van der Waals surface area (Å²) < 4.78 is 0. The van der Waals surface area contributed by atoms with E-state index in [0.717, 1.165) is 13.1 Å². The molecule has 2 rings (SSSR count). The molecule has 78 valence electrons. The molecule has 3 N–H and O–H groups in total. The molecule has 1 saturated heterocycles. The first kappa shape index (κ1) is 9.45. The SMILES string of the molecule is NNC(=O)C(=O)N1CC2CCCC2C1. The predicted molar refractivity (Wildman–Crippen MR) is 49.7 cm³/mol. The third kappa shape index (κ3) is 1.48. The molecule has 0 aromatic heterocycles. The van der Waals surface area contributed by atoms with Crippen molar-refractivity contribution in [2.45, 2.75) is 19.3 Å². The summed E-state index contributed by atoms with van der Waals surface area (Å²) in [6, 6.07) is 0. The average molecular weight is 197 g/mol. The van der Waals surface area contributed by atoms with Gasteiger partial charge in [-0.15, -0.1) is 0 Å². The third-order valence-corrected chi connectivity index (χ3v) is 3.34. The van der Waals surface area contributed by atoms with Crippen LogP contribution in [0.25, 0.3) is 0 Å². The summed E-state index contributed by atoms with van der Waals surface area (Å²) in [6.07, 6.45) is 3.65. The lowest BCUT2D eigenvalue weighted by Gasteiger charge is -2.15. The van der Waals surface area contributed by atoms with E-state index < -0.39 is 11.8 Å². The highest BCUT2D eigenvalue weighted by Gasteiger charge is 2.39. The van der Waals surface area contributed by atoms with E-state index in [9.17, 15) is 9.59 Å². The maximum atomic E-state index is 11.4. The first-order chi connectivity index (χ1) is 6.72. The van der Waals surface area contributed by atoms with E-state index in [-0.39, 0.29) is 0 Å². The molecular formula is C9H15N3O2. The minimum Gasteiger partial charge on any atom is -0.334 e. The number of amides is 2. The highest BCUT2D eigenvalue weighted by Crippen LogP contribution is 2.37. The molecular weight excluding hydrogens is 182 g/mol. The smallest absolute Gasteiger partial charge is 0.323 e. The van der Waals surface area contributed by atoms with Crippen molar-refractivity contribution in [2.75, 3.05) is 13.1 Å². The van der Waals surface area contributed by atoms with Gasteiger partial charge in [-0.25, -0.2) is 5.84 Å². The molecule has 5 heteroatoms. The molecule has 1 aliphatic carbocycles. The van der Waals surface area contributed by atoms with E-state index in [1.54, 1.807) is 4.90 Å². The molecule has 14 heavy (non-hydrogen) atoms. The summed E-state index contributed by atoms with van der Waals surface area (Å²) in [5.74, 6) is 4.95. The first-order valence-corrected chi connectivity index (χ1v) is 5.02. The topological polar surface area (TPSA) is 75.4 Å². The largest absolute Gasteiger partial charge is 0.334 e. The van der Waals surface area contributed by atoms with Gasteiger partial charge >= 0.3 is 11.8 Å². The molecule has 0 aromatic carbocycles. The molecule has 0 bridgehead atoms. The van der Waals surface area contributed by atoms with Gasteiger partial charge in [0.15, 0.2) is 0 Å². The van der Waals surface area contributed by atoms with Crippen molar-refractivity contribution >= 4 is 11.8 Å². The van der Waals surface area contributed by atoms with E-state index in [4.69, 9.17) is 5.84 Å². The second kappa shape index (κ2) is 3.57. The number of hydrogen-bond donors (Lipinski definition) is 2. The number of nitrogens with two attached hydrogens (primary N) is 1. The maximum absolute atomic E-state index is 11.4. The molecule has 1 aliphatic heterocycles. The van der Waals surface area contributed by atoms with E-state index >= 15 is 0 Å². The van der Waals surface area contributed by atoms with Crippen molar-refractivity contribution in [2.24, 2.45) is 17.7 Å². The highest BCUT2D eigenvalue weighted by molar-refractivity contribution is 6.34. The van der Waals surface area contributed by atoms with Crippen LogP contribution in [-0.2, 0) is 9.59 Å². The maximum Gasteiger partial charge on any atom is 0.323 e. The van der Waals surface area contributed by atoms with Gasteiger partial charge in [-0.1, -0.05) is 6.42 Å². The van der Waals surface area contributed by atoms with Crippen molar-refractivity contribution in [1.29, 1.82) is 0 Å². The average Bonchev–Trinajstić information content (AvgIpc) is 2.74. The molecule has 2 aliphatic rings. The van der Waals surface area contributed by atoms with E-state index in [2.05, 4.69) is 0 Å². The van der Waals surface area contributed by atoms with Gasteiger partial charge in [-0.05, 0) is 24.7 Å². The van der Waals surface area contributed by atoms with Crippen LogP contribution in [0.4, 0.5) is 0 Å². The Morgan fingerprint density at radius 1 is 1.21 bits per heavy atom. The Balaban J connectivity index is 1.95. The summed E-state index contributed by atoms with van der Waals surface area (Å²) in [5.41, 5.74) is 1.88. The lowest BCUT2D eigenvalue weighted by Crippen LogP contribution is -2.44. The van der Waals surface area contributed by atoms with E-state index in [1.807, 2.05) is 5.43 Å². The van der Waals surface area contributed by atoms with Gasteiger partial charge in [0.2, 0.25) is 0 Å². The van der Waals surface area contributed by atoms with Crippen molar-refractivity contribution in [3.63, 3.8) is 0 Å². The van der Waals surface area contributed by atoms with Crippen molar-refractivity contribution in [3.05, 3.63) is 0 Å². The van der Waals surface area contributed by atoms with Crippen LogP contribution in [0.3, 0.4) is 0 Å². The monoisotopic (exact) mass is 197 g/mol. The number of fused-ring (bicyclic) bond motifs is 1. The fraction of sp³-hybridized carbons (Fsp3) is 0.778. The molecule has 1 heterocycles. The Kier molecular flexibility index (Phi) is 2.41. The molecule has 2 amide bonds. The van der Waals surface area contributed by atoms with Crippen LogP contribution in [0.2, 0.25) is 0 Å². The number of hydrogen-bond acceptors (Lipinski definition) is 3. The fourth-order valence-corrected chi connectivity index (χ4v) is 2.61. The van der Waals surface area contributed by atoms with Gasteiger partial charge in [-0.3, -0.25) is 15.0 Å². The zero-order chi connectivity index (χ0) is 10.1. The Morgan fingerprint density at radius 2 is 1.79 bits per heavy atom. The third-order valence-electron chi connectivity index (χ3n) is 3.34. The molecule has 0 spiro atoms. The standard InChI is InChI=1S/C9H15N3O2/c10-11-8(13)9(14)12-4-6-2-1-3-7(6)5-12/h6-7H,1-5,10H2,(H,11,13). The molecule has 2 atom stereocenters. The van der Waals surface area contributed by atoms with Crippen molar-refractivity contribution < 1.29 is 9.59 Å². The summed E-state index contributed by atoms with van der Waals surface area (Å²) >= 11 is 0. The zero-order valence-corrected chi connectivity index (χ0v) is 8.03. The van der Waals surface area contributed by atoms with Gasteiger partial charge in [0, 0.05) is 13.1 Å². The molecule has 1 saturated carbocycles. The number of likely N-dealkylation sites (tertiary alicyclic amines) is 1. The highest BCUT2D eigenvalue weighted by atomic mass is 16.2. The normalized spacial score (nSPS) is 30.2. The quantitative estimate of drug-likeness (QED) is 0.232. The van der Waals surface area contributed by atoms with Crippen LogP contribution in [-0.4, -0.2) is 29.8 Å². The number of carbonyl (C=O) groups is 2. The Bertz CT molecular complexity index is 255. The lowest BCUT2D eigenvalue weighted by atomic mass is 10.0. The molecule has 0 aromatic rings. The summed E-state index contributed by atoms with van der Waals surface area (Å²) in [7, 11) is 0. The number of carbonyl (C=O) groups excluding carboxylic acids is 2. The Hall–Kier alpha value is -1.10. The lowest BCUT2D eigenvalue weighted by molar-refractivity contribution is -0.145. The molecule has 0 radical (unpaired) electrons.